The minimum atomic E-state index is 0.593. The molecule has 0 fully saturated rings. The SMILES string of the molecule is CCc1c(N)ncnc1-c1sccc1C. The van der Waals surface area contributed by atoms with E-state index in [0.29, 0.717) is 5.82 Å². The first-order valence-corrected chi connectivity index (χ1v) is 5.75. The fourth-order valence-corrected chi connectivity index (χ4v) is 2.54. The van der Waals surface area contributed by atoms with Crippen LogP contribution in [0.5, 0.6) is 0 Å². The Kier molecular flexibility index (Phi) is 2.68. The van der Waals surface area contributed by atoms with Crippen LogP contribution in [0.2, 0.25) is 0 Å². The third kappa shape index (κ3) is 1.72. The molecule has 4 heteroatoms. The van der Waals surface area contributed by atoms with Crippen molar-refractivity contribution >= 4 is 17.2 Å². The van der Waals surface area contributed by atoms with Crippen molar-refractivity contribution in [3.8, 4) is 10.6 Å². The van der Waals surface area contributed by atoms with Crippen LogP contribution in [0.15, 0.2) is 17.8 Å². The normalized spacial score (nSPS) is 10.5. The molecule has 0 unspecified atom stereocenters. The zero-order valence-corrected chi connectivity index (χ0v) is 9.64. The third-order valence-corrected chi connectivity index (χ3v) is 3.43. The molecule has 0 aliphatic rings. The molecule has 0 amide bonds. The van der Waals surface area contributed by atoms with Crippen LogP contribution >= 0.6 is 11.3 Å². The van der Waals surface area contributed by atoms with Crippen molar-refractivity contribution in [2.24, 2.45) is 0 Å². The molecule has 2 N–H and O–H groups in total. The molecule has 2 aromatic rings. The molecule has 15 heavy (non-hydrogen) atoms. The Morgan fingerprint density at radius 2 is 2.20 bits per heavy atom. The summed E-state index contributed by atoms with van der Waals surface area (Å²) in [6, 6.07) is 2.09. The van der Waals surface area contributed by atoms with Gasteiger partial charge in [-0.1, -0.05) is 6.92 Å². The fraction of sp³-hybridized carbons (Fsp3) is 0.273. The average molecular weight is 219 g/mol. The summed E-state index contributed by atoms with van der Waals surface area (Å²) in [6.45, 7) is 4.16. The molecule has 0 saturated heterocycles. The van der Waals surface area contributed by atoms with Crippen molar-refractivity contribution < 1.29 is 0 Å². The van der Waals surface area contributed by atoms with Gasteiger partial charge < -0.3 is 5.73 Å². The Morgan fingerprint density at radius 3 is 2.80 bits per heavy atom. The summed E-state index contributed by atoms with van der Waals surface area (Å²) < 4.78 is 0. The number of nitrogens with two attached hydrogens (primary N) is 1. The topological polar surface area (TPSA) is 51.8 Å². The zero-order chi connectivity index (χ0) is 10.8. The quantitative estimate of drug-likeness (QED) is 0.844. The predicted octanol–water partition coefficient (Wildman–Crippen LogP) is 2.66. The first-order valence-electron chi connectivity index (χ1n) is 4.87. The van der Waals surface area contributed by atoms with Gasteiger partial charge in [0.05, 0.1) is 10.6 Å². The maximum atomic E-state index is 5.84. The molecule has 0 bridgehead atoms. The second-order valence-corrected chi connectivity index (χ2v) is 4.29. The van der Waals surface area contributed by atoms with Gasteiger partial charge in [0.2, 0.25) is 0 Å². The van der Waals surface area contributed by atoms with Crippen LogP contribution in [0, 0.1) is 6.92 Å². The Labute approximate surface area is 93.0 Å². The van der Waals surface area contributed by atoms with E-state index < -0.39 is 0 Å². The smallest absolute Gasteiger partial charge is 0.130 e. The van der Waals surface area contributed by atoms with Crippen LogP contribution in [0.3, 0.4) is 0 Å². The van der Waals surface area contributed by atoms with Crippen molar-refractivity contribution in [1.82, 2.24) is 9.97 Å². The van der Waals surface area contributed by atoms with Crippen molar-refractivity contribution in [1.29, 1.82) is 0 Å². The second kappa shape index (κ2) is 3.98. The Balaban J connectivity index is 2.63. The monoisotopic (exact) mass is 219 g/mol. The Hall–Kier alpha value is -1.42. The largest absolute Gasteiger partial charge is 0.383 e. The van der Waals surface area contributed by atoms with Crippen molar-refractivity contribution in [2.45, 2.75) is 20.3 Å². The molecule has 2 aromatic heterocycles. The summed E-state index contributed by atoms with van der Waals surface area (Å²) in [7, 11) is 0. The lowest BCUT2D eigenvalue weighted by Crippen LogP contribution is -2.01. The summed E-state index contributed by atoms with van der Waals surface area (Å²) in [5, 5.41) is 2.07. The van der Waals surface area contributed by atoms with Crippen molar-refractivity contribution in [3.05, 3.63) is 28.9 Å². The number of aromatic nitrogens is 2. The Morgan fingerprint density at radius 1 is 1.40 bits per heavy atom. The molecule has 0 spiro atoms. The number of hydrogen-bond donors (Lipinski definition) is 1. The van der Waals surface area contributed by atoms with Gasteiger partial charge in [-0.25, -0.2) is 9.97 Å². The lowest BCUT2D eigenvalue weighted by Gasteiger charge is -2.07. The molecule has 0 saturated carbocycles. The lowest BCUT2D eigenvalue weighted by atomic mass is 10.1. The lowest BCUT2D eigenvalue weighted by molar-refractivity contribution is 1.06. The van der Waals surface area contributed by atoms with Crippen molar-refractivity contribution in [3.63, 3.8) is 0 Å². The highest BCUT2D eigenvalue weighted by Crippen LogP contribution is 2.31. The van der Waals surface area contributed by atoms with E-state index in [0.717, 1.165) is 17.7 Å². The van der Waals surface area contributed by atoms with Gasteiger partial charge in [-0.2, -0.15) is 0 Å². The number of thiophene rings is 1. The van der Waals surface area contributed by atoms with Gasteiger partial charge in [-0.3, -0.25) is 0 Å². The summed E-state index contributed by atoms with van der Waals surface area (Å²) in [5.74, 6) is 0.593. The first kappa shape index (κ1) is 10.1. The van der Waals surface area contributed by atoms with Gasteiger partial charge in [0.25, 0.3) is 0 Å². The highest BCUT2D eigenvalue weighted by molar-refractivity contribution is 7.13. The van der Waals surface area contributed by atoms with E-state index in [4.69, 9.17) is 5.73 Å². The number of rotatable bonds is 2. The van der Waals surface area contributed by atoms with E-state index in [1.165, 1.54) is 16.8 Å². The van der Waals surface area contributed by atoms with E-state index >= 15 is 0 Å². The minimum Gasteiger partial charge on any atom is -0.383 e. The van der Waals surface area contributed by atoms with E-state index in [-0.39, 0.29) is 0 Å². The van der Waals surface area contributed by atoms with Crippen LogP contribution in [0.1, 0.15) is 18.1 Å². The molecular weight excluding hydrogens is 206 g/mol. The van der Waals surface area contributed by atoms with Crippen LogP contribution in [-0.2, 0) is 6.42 Å². The summed E-state index contributed by atoms with van der Waals surface area (Å²) in [6.07, 6.45) is 2.39. The number of nitrogens with zero attached hydrogens (tertiary/aromatic N) is 2. The van der Waals surface area contributed by atoms with Crippen molar-refractivity contribution in [2.75, 3.05) is 5.73 Å². The van der Waals surface area contributed by atoms with Gasteiger partial charge in [-0.15, -0.1) is 11.3 Å². The highest BCUT2D eigenvalue weighted by Gasteiger charge is 2.12. The van der Waals surface area contributed by atoms with E-state index in [1.807, 2.05) is 0 Å². The maximum absolute atomic E-state index is 5.84. The molecule has 0 radical (unpaired) electrons. The number of aryl methyl sites for hydroxylation is 1. The molecule has 2 heterocycles. The van der Waals surface area contributed by atoms with Crippen LogP contribution in [0.4, 0.5) is 5.82 Å². The highest BCUT2D eigenvalue weighted by atomic mass is 32.1. The summed E-state index contributed by atoms with van der Waals surface area (Å²) in [5.41, 5.74) is 9.11. The number of hydrogen-bond acceptors (Lipinski definition) is 4. The summed E-state index contributed by atoms with van der Waals surface area (Å²) in [4.78, 5) is 9.55. The molecular formula is C11H13N3S. The van der Waals surface area contributed by atoms with Crippen LogP contribution in [0.25, 0.3) is 10.6 Å². The fourth-order valence-electron chi connectivity index (χ4n) is 1.59. The van der Waals surface area contributed by atoms with Crippen LogP contribution in [-0.4, -0.2) is 9.97 Å². The van der Waals surface area contributed by atoms with Gasteiger partial charge in [0.1, 0.15) is 12.1 Å². The molecule has 3 nitrogen and oxygen atoms in total. The second-order valence-electron chi connectivity index (χ2n) is 3.37. The molecule has 0 atom stereocenters. The maximum Gasteiger partial charge on any atom is 0.130 e. The standard InChI is InChI=1S/C11H13N3S/c1-3-8-9(13-6-14-11(8)12)10-7(2)4-5-15-10/h4-6H,3H2,1-2H3,(H2,12,13,14). The van der Waals surface area contributed by atoms with Gasteiger partial charge in [0, 0.05) is 5.56 Å². The van der Waals surface area contributed by atoms with E-state index in [9.17, 15) is 0 Å². The molecule has 78 valence electrons. The molecule has 0 aromatic carbocycles. The molecule has 0 aliphatic carbocycles. The number of nitrogen functional groups attached to an aromatic ring is 1. The predicted molar refractivity (Wildman–Crippen MR) is 63.9 cm³/mol. The molecule has 0 aliphatic heterocycles. The minimum absolute atomic E-state index is 0.593. The third-order valence-electron chi connectivity index (χ3n) is 2.41. The first-order chi connectivity index (χ1) is 7.24. The van der Waals surface area contributed by atoms with Gasteiger partial charge in [-0.05, 0) is 30.4 Å². The summed E-state index contributed by atoms with van der Waals surface area (Å²) >= 11 is 1.70. The Bertz CT molecular complexity index is 476. The average Bonchev–Trinajstić information content (AvgIpc) is 2.64. The van der Waals surface area contributed by atoms with E-state index in [2.05, 4.69) is 35.3 Å². The van der Waals surface area contributed by atoms with Gasteiger partial charge in [0.15, 0.2) is 0 Å². The number of anilines is 1. The van der Waals surface area contributed by atoms with E-state index in [1.54, 1.807) is 11.3 Å². The van der Waals surface area contributed by atoms with Gasteiger partial charge >= 0.3 is 0 Å². The zero-order valence-electron chi connectivity index (χ0n) is 8.82. The van der Waals surface area contributed by atoms with Crippen LogP contribution < -0.4 is 5.73 Å². The molecule has 2 rings (SSSR count).